The number of hydrogen-bond donors (Lipinski definition) is 0. The Labute approximate surface area is 148 Å². The zero-order valence-corrected chi connectivity index (χ0v) is 23.7. The molecule has 124 valence electrons. The van der Waals surface area contributed by atoms with Crippen LogP contribution in [0, 0.1) is 0 Å². The molecule has 20 heavy (non-hydrogen) atoms. The van der Waals surface area contributed by atoms with Crippen LogP contribution < -0.4 is 0 Å². The third-order valence-electron chi connectivity index (χ3n) is 2.68. The zero-order chi connectivity index (χ0) is 16.7. The summed E-state index contributed by atoms with van der Waals surface area (Å²) in [6.45, 7) is 15.3. The molecule has 0 rings (SSSR count). The fourth-order valence-electron chi connectivity index (χ4n) is 2.80. The average molecular weight is 529 g/mol. The van der Waals surface area contributed by atoms with E-state index >= 15 is 0 Å². The normalized spacial score (nSPS) is 15.8. The van der Waals surface area contributed by atoms with Crippen LogP contribution in [0.3, 0.4) is 0 Å². The Balaban J connectivity index is 5.89. The summed E-state index contributed by atoms with van der Waals surface area (Å²) in [5.74, 6) is 0. The summed E-state index contributed by atoms with van der Waals surface area (Å²) >= 11 is 2.54. The first-order valence-electron chi connectivity index (χ1n) is 6.91. The minimum atomic E-state index is -1.39. The zero-order valence-electron chi connectivity index (χ0n) is 15.6. The van der Waals surface area contributed by atoms with Crippen molar-refractivity contribution in [3.8, 4) is 0 Å². The molecular weight excluding hydrogens is 493 g/mol. The van der Waals surface area contributed by atoms with E-state index in [0.29, 0.717) is 0 Å². The van der Waals surface area contributed by atoms with Crippen molar-refractivity contribution >= 4 is 67.2 Å². The van der Waals surface area contributed by atoms with Gasteiger partial charge in [-0.05, 0) is 0 Å². The first kappa shape index (κ1) is 22.1. The maximum atomic E-state index is 3.13. The molecule has 0 atom stereocenters. The summed E-state index contributed by atoms with van der Waals surface area (Å²) in [5, 5.41) is 0. The summed E-state index contributed by atoms with van der Waals surface area (Å²) in [5.41, 5.74) is 0. The fourth-order valence-corrected chi connectivity index (χ4v) is 79.4. The molecule has 0 N–H and O–H groups in total. The van der Waals surface area contributed by atoms with E-state index < -0.39 is 47.9 Å². The molecule has 0 aliphatic carbocycles. The van der Waals surface area contributed by atoms with Gasteiger partial charge in [-0.25, -0.2) is 0 Å². The molecule has 0 bridgehead atoms. The van der Waals surface area contributed by atoms with Crippen molar-refractivity contribution in [3.63, 3.8) is 0 Å². The van der Waals surface area contributed by atoms with E-state index in [0.717, 1.165) is 0 Å². The average Bonchev–Trinajstić information content (AvgIpc) is 1.88. The molecule has 0 heterocycles. The topological polar surface area (TPSA) is 6.48 Å². The molecule has 8 heteroatoms. The van der Waals surface area contributed by atoms with E-state index in [4.69, 9.17) is 0 Å². The second-order valence-corrected chi connectivity index (χ2v) is 38.6. The maximum absolute atomic E-state index is 3.13. The summed E-state index contributed by atoms with van der Waals surface area (Å²) in [6, 6.07) is 0. The van der Waals surface area contributed by atoms with Crippen LogP contribution in [0.1, 0.15) is 0 Å². The molecule has 0 aliphatic heterocycles. The third kappa shape index (κ3) is 6.29. The Morgan fingerprint density at radius 2 is 0.950 bits per heavy atom. The van der Waals surface area contributed by atoms with Crippen molar-refractivity contribution in [1.29, 1.82) is 0 Å². The van der Waals surface area contributed by atoms with Crippen LogP contribution in [0.2, 0.25) is 39.3 Å². The molecular formula is C12H36GeN2S2Si2Te. The van der Waals surface area contributed by atoms with E-state index in [1.807, 2.05) is 0 Å². The molecule has 0 saturated heterocycles. The summed E-state index contributed by atoms with van der Waals surface area (Å²) in [6.07, 6.45) is 15.0. The van der Waals surface area contributed by atoms with Gasteiger partial charge in [0.2, 0.25) is 0 Å². The van der Waals surface area contributed by atoms with E-state index in [1.165, 1.54) is 0 Å². The number of rotatable bonds is 6. The van der Waals surface area contributed by atoms with Crippen molar-refractivity contribution < 1.29 is 0 Å². The van der Waals surface area contributed by atoms with Crippen LogP contribution in [-0.4, -0.2) is 90.2 Å². The van der Waals surface area contributed by atoms with E-state index in [9.17, 15) is 0 Å². The third-order valence-corrected chi connectivity index (χ3v) is 49.2. The molecule has 0 aromatic heterocycles. The molecule has 0 aromatic carbocycles. The summed E-state index contributed by atoms with van der Waals surface area (Å²) in [7, 11) is -5.16. The van der Waals surface area contributed by atoms with E-state index in [1.54, 1.807) is 0 Å². The van der Waals surface area contributed by atoms with E-state index in [-0.39, 0.29) is 0 Å². The van der Waals surface area contributed by atoms with Crippen molar-refractivity contribution in [2.45, 2.75) is 39.3 Å². The van der Waals surface area contributed by atoms with Crippen molar-refractivity contribution in [1.82, 2.24) is 5.86 Å². The second-order valence-electron chi connectivity index (χ2n) is 8.76. The molecule has 0 saturated carbocycles. The van der Waals surface area contributed by atoms with Crippen molar-refractivity contribution in [2.24, 2.45) is 0 Å². The molecule has 0 aromatic rings. The predicted molar refractivity (Wildman–Crippen MR) is 113 cm³/mol. The number of nitrogens with zero attached hydrogens (tertiary/aromatic N) is 2. The summed E-state index contributed by atoms with van der Waals surface area (Å²) in [4.78, 5) is 0. The molecule has 0 radical (unpaired) electrons. The van der Waals surface area contributed by atoms with Gasteiger partial charge in [-0.1, -0.05) is 0 Å². The van der Waals surface area contributed by atoms with Crippen molar-refractivity contribution in [3.05, 3.63) is 0 Å². The van der Waals surface area contributed by atoms with Crippen LogP contribution in [-0.2, 0) is 0 Å². The Bertz CT molecular complexity index is 306. The summed E-state index contributed by atoms with van der Waals surface area (Å²) < 4.78 is 6.17. The SMILES string of the molecule is C[Si](C)(C)[N]([Ge](=[Te])[N](S(C)(C)C)S(C)(C)C)[Si](C)(C)C. The van der Waals surface area contributed by atoms with Crippen LogP contribution in [0.5, 0.6) is 0 Å². The standard InChI is InChI=1S/C12H36GeN2S2Si2Te/c1-16(2,3)14(17(4,5)6)13(20)15(18(7,8)9)19(10,11)12/h1-12H3. The van der Waals surface area contributed by atoms with Gasteiger partial charge < -0.3 is 0 Å². The first-order chi connectivity index (χ1) is 8.40. The van der Waals surface area contributed by atoms with Crippen LogP contribution >= 0.6 is 20.4 Å². The van der Waals surface area contributed by atoms with Gasteiger partial charge >= 0.3 is 150 Å². The van der Waals surface area contributed by atoms with Gasteiger partial charge in [0.05, 0.1) is 0 Å². The molecule has 0 amide bonds. The Morgan fingerprint density at radius 1 is 0.700 bits per heavy atom. The Kier molecular flexibility index (Phi) is 7.61. The van der Waals surface area contributed by atoms with Crippen LogP contribution in [0.25, 0.3) is 0 Å². The van der Waals surface area contributed by atoms with Gasteiger partial charge in [0.25, 0.3) is 0 Å². The van der Waals surface area contributed by atoms with E-state index in [2.05, 4.69) is 102 Å². The molecule has 0 spiro atoms. The predicted octanol–water partition coefficient (Wildman–Crippen LogP) is 3.63. The molecule has 0 unspecified atom stereocenters. The fraction of sp³-hybridized carbons (Fsp3) is 1.00. The molecule has 2 nitrogen and oxygen atoms in total. The molecule has 0 fully saturated rings. The van der Waals surface area contributed by atoms with Crippen LogP contribution in [0.15, 0.2) is 0 Å². The quantitative estimate of drug-likeness (QED) is 0.486. The van der Waals surface area contributed by atoms with Gasteiger partial charge in [-0.2, -0.15) is 0 Å². The second kappa shape index (κ2) is 6.90. The monoisotopic (exact) mass is 532 g/mol. The van der Waals surface area contributed by atoms with Crippen molar-refractivity contribution in [2.75, 3.05) is 37.5 Å². The van der Waals surface area contributed by atoms with Gasteiger partial charge in [-0.15, -0.1) is 0 Å². The van der Waals surface area contributed by atoms with Crippen LogP contribution in [0.4, 0.5) is 0 Å². The first-order valence-corrected chi connectivity index (χ1v) is 28.2. The van der Waals surface area contributed by atoms with Gasteiger partial charge in [0.1, 0.15) is 0 Å². The van der Waals surface area contributed by atoms with Gasteiger partial charge in [-0.3, -0.25) is 0 Å². The minimum absolute atomic E-state index is 0.638. The Hall–Kier alpha value is 2.07. The van der Waals surface area contributed by atoms with Gasteiger partial charge in [0.15, 0.2) is 0 Å². The number of hydrogen-bond acceptors (Lipinski definition) is 2. The van der Waals surface area contributed by atoms with Gasteiger partial charge in [0, 0.05) is 0 Å². The Morgan fingerprint density at radius 3 is 1.10 bits per heavy atom. The molecule has 0 aliphatic rings.